The van der Waals surface area contributed by atoms with Crippen molar-refractivity contribution in [2.75, 3.05) is 45.0 Å². The summed E-state index contributed by atoms with van der Waals surface area (Å²) >= 11 is 0. The molecule has 0 aromatic carbocycles. The van der Waals surface area contributed by atoms with Crippen LogP contribution in [0.4, 0.5) is 0 Å². The van der Waals surface area contributed by atoms with Crippen molar-refractivity contribution in [3.63, 3.8) is 0 Å². The molecule has 0 saturated carbocycles. The average Bonchev–Trinajstić information content (AvgIpc) is 2.36. The molecule has 0 aromatic rings. The number of nitrogens with one attached hydrogen (secondary N) is 1. The van der Waals surface area contributed by atoms with Gasteiger partial charge in [0.25, 0.3) is 0 Å². The van der Waals surface area contributed by atoms with Crippen LogP contribution in [0.15, 0.2) is 0 Å². The second-order valence-corrected chi connectivity index (χ2v) is 6.14. The molecule has 0 aliphatic carbocycles. The Bertz CT molecular complexity index is 348. The van der Waals surface area contributed by atoms with E-state index >= 15 is 0 Å². The predicted octanol–water partition coefficient (Wildman–Crippen LogP) is -0.910. The minimum absolute atomic E-state index is 0.00386. The summed E-state index contributed by atoms with van der Waals surface area (Å²) in [6.07, 6.45) is 0. The third-order valence-electron chi connectivity index (χ3n) is 3.00. The number of rotatable bonds is 5. The molecule has 1 aliphatic rings. The number of hydrogen-bond acceptors (Lipinski definition) is 4. The number of sulfonamides is 1. The smallest absolute Gasteiger partial charge is 0.237 e. The summed E-state index contributed by atoms with van der Waals surface area (Å²) in [5.41, 5.74) is 0. The van der Waals surface area contributed by atoms with Crippen LogP contribution in [0.1, 0.15) is 13.8 Å². The summed E-state index contributed by atoms with van der Waals surface area (Å²) in [4.78, 5) is 15.7. The Hall–Kier alpha value is -0.660. The van der Waals surface area contributed by atoms with Gasteiger partial charge in [-0.1, -0.05) is 6.92 Å². The van der Waals surface area contributed by atoms with E-state index in [1.807, 2.05) is 0 Å². The molecule has 1 saturated heterocycles. The van der Waals surface area contributed by atoms with Crippen LogP contribution in [0.25, 0.3) is 0 Å². The lowest BCUT2D eigenvalue weighted by Gasteiger charge is -2.34. The quantitative estimate of drug-likeness (QED) is 0.697. The van der Waals surface area contributed by atoms with Crippen molar-refractivity contribution in [3.8, 4) is 0 Å². The molecule has 1 amide bonds. The Morgan fingerprint density at radius 3 is 2.24 bits per heavy atom. The first-order valence-corrected chi connectivity index (χ1v) is 7.61. The number of amides is 1. The van der Waals surface area contributed by atoms with Crippen molar-refractivity contribution in [3.05, 3.63) is 0 Å². The Balaban J connectivity index is 2.35. The first-order valence-electron chi connectivity index (χ1n) is 5.96. The zero-order valence-electron chi connectivity index (χ0n) is 10.5. The van der Waals surface area contributed by atoms with Gasteiger partial charge in [-0.2, -0.15) is 0 Å². The average molecular weight is 263 g/mol. The maximum atomic E-state index is 11.7. The number of likely N-dealkylation sites (N-methyl/N-ethyl adjacent to an activating group) is 1. The van der Waals surface area contributed by atoms with Gasteiger partial charge < -0.3 is 9.80 Å². The fraction of sp³-hybridized carbons (Fsp3) is 0.900. The SMILES string of the molecule is CCN1CCN(C(=O)CNS(=O)(=O)CC)CC1. The van der Waals surface area contributed by atoms with Gasteiger partial charge in [-0.15, -0.1) is 0 Å². The lowest BCUT2D eigenvalue weighted by molar-refractivity contribution is -0.131. The fourth-order valence-electron chi connectivity index (χ4n) is 1.70. The van der Waals surface area contributed by atoms with Crippen LogP contribution in [0.3, 0.4) is 0 Å². The van der Waals surface area contributed by atoms with E-state index in [9.17, 15) is 13.2 Å². The molecule has 100 valence electrons. The molecule has 1 rings (SSSR count). The van der Waals surface area contributed by atoms with Crippen LogP contribution in [-0.4, -0.2) is 69.1 Å². The van der Waals surface area contributed by atoms with E-state index in [0.717, 1.165) is 19.6 Å². The molecule has 1 aliphatic heterocycles. The highest BCUT2D eigenvalue weighted by molar-refractivity contribution is 7.89. The van der Waals surface area contributed by atoms with Gasteiger partial charge in [0.05, 0.1) is 12.3 Å². The van der Waals surface area contributed by atoms with Crippen LogP contribution < -0.4 is 4.72 Å². The first kappa shape index (κ1) is 14.4. The zero-order chi connectivity index (χ0) is 12.9. The molecule has 6 nitrogen and oxygen atoms in total. The molecule has 0 unspecified atom stereocenters. The number of carbonyl (C=O) groups is 1. The van der Waals surface area contributed by atoms with E-state index in [-0.39, 0.29) is 18.2 Å². The first-order chi connectivity index (χ1) is 7.98. The van der Waals surface area contributed by atoms with Crippen LogP contribution >= 0.6 is 0 Å². The number of hydrogen-bond donors (Lipinski definition) is 1. The van der Waals surface area contributed by atoms with Gasteiger partial charge in [0, 0.05) is 26.2 Å². The van der Waals surface area contributed by atoms with Crippen LogP contribution in [0.5, 0.6) is 0 Å². The normalized spacial score (nSPS) is 18.4. The van der Waals surface area contributed by atoms with Crippen molar-refractivity contribution in [1.82, 2.24) is 14.5 Å². The predicted molar refractivity (Wildman–Crippen MR) is 66.2 cm³/mol. The van der Waals surface area contributed by atoms with E-state index < -0.39 is 10.0 Å². The molecule has 1 fully saturated rings. The van der Waals surface area contributed by atoms with Gasteiger partial charge >= 0.3 is 0 Å². The fourth-order valence-corrected chi connectivity index (χ4v) is 2.25. The van der Waals surface area contributed by atoms with E-state index in [1.54, 1.807) is 11.8 Å². The number of carbonyl (C=O) groups excluding carboxylic acids is 1. The van der Waals surface area contributed by atoms with Gasteiger partial charge in [0.2, 0.25) is 15.9 Å². The summed E-state index contributed by atoms with van der Waals surface area (Å²) in [7, 11) is -3.28. The summed E-state index contributed by atoms with van der Waals surface area (Å²) in [5.74, 6) is -0.137. The molecular formula is C10H21N3O3S. The highest BCUT2D eigenvalue weighted by Crippen LogP contribution is 2.01. The third kappa shape index (κ3) is 4.61. The van der Waals surface area contributed by atoms with Gasteiger partial charge in [-0.05, 0) is 13.5 Å². The second-order valence-electron chi connectivity index (χ2n) is 4.04. The molecule has 1 N–H and O–H groups in total. The Kier molecular flexibility index (Phi) is 5.35. The van der Waals surface area contributed by atoms with Crippen molar-refractivity contribution in [1.29, 1.82) is 0 Å². The van der Waals surface area contributed by atoms with Gasteiger partial charge in [0.15, 0.2) is 0 Å². The molecule has 0 radical (unpaired) electrons. The molecule has 1 heterocycles. The maximum absolute atomic E-state index is 11.7. The van der Waals surface area contributed by atoms with Crippen LogP contribution in [0.2, 0.25) is 0 Å². The van der Waals surface area contributed by atoms with Crippen LogP contribution in [0, 0.1) is 0 Å². The highest BCUT2D eigenvalue weighted by Gasteiger charge is 2.20. The van der Waals surface area contributed by atoms with E-state index in [2.05, 4.69) is 16.5 Å². The van der Waals surface area contributed by atoms with Crippen molar-refractivity contribution >= 4 is 15.9 Å². The molecule has 0 bridgehead atoms. The topological polar surface area (TPSA) is 69.7 Å². The van der Waals surface area contributed by atoms with Gasteiger partial charge in [-0.3, -0.25) is 4.79 Å². The summed E-state index contributed by atoms with van der Waals surface area (Å²) in [5, 5.41) is 0. The Labute approximate surface area is 103 Å². The molecule has 0 aromatic heterocycles. The number of piperazine rings is 1. The summed E-state index contributed by atoms with van der Waals surface area (Å²) in [6.45, 7) is 7.60. The van der Waals surface area contributed by atoms with Gasteiger partial charge in [-0.25, -0.2) is 13.1 Å². The molecule has 17 heavy (non-hydrogen) atoms. The summed E-state index contributed by atoms with van der Waals surface area (Å²) in [6, 6.07) is 0. The number of nitrogens with zero attached hydrogens (tertiary/aromatic N) is 2. The second kappa shape index (κ2) is 6.32. The lowest BCUT2D eigenvalue weighted by atomic mass is 10.3. The molecular weight excluding hydrogens is 242 g/mol. The minimum atomic E-state index is -3.28. The van der Waals surface area contributed by atoms with E-state index in [1.165, 1.54) is 0 Å². The van der Waals surface area contributed by atoms with Gasteiger partial charge in [0.1, 0.15) is 0 Å². The molecule has 7 heteroatoms. The van der Waals surface area contributed by atoms with Crippen molar-refractivity contribution in [2.45, 2.75) is 13.8 Å². The molecule has 0 spiro atoms. The van der Waals surface area contributed by atoms with Crippen molar-refractivity contribution < 1.29 is 13.2 Å². The lowest BCUT2D eigenvalue weighted by Crippen LogP contribution is -2.51. The minimum Gasteiger partial charge on any atom is -0.339 e. The summed E-state index contributed by atoms with van der Waals surface area (Å²) < 4.78 is 24.7. The largest absolute Gasteiger partial charge is 0.339 e. The third-order valence-corrected chi connectivity index (χ3v) is 4.34. The van der Waals surface area contributed by atoms with Crippen molar-refractivity contribution in [2.24, 2.45) is 0 Å². The van der Waals surface area contributed by atoms with Crippen LogP contribution in [-0.2, 0) is 14.8 Å². The molecule has 0 atom stereocenters. The Morgan fingerprint density at radius 1 is 1.18 bits per heavy atom. The van der Waals surface area contributed by atoms with E-state index in [4.69, 9.17) is 0 Å². The van der Waals surface area contributed by atoms with E-state index in [0.29, 0.717) is 13.1 Å². The zero-order valence-corrected chi connectivity index (χ0v) is 11.3. The monoisotopic (exact) mass is 263 g/mol. The highest BCUT2D eigenvalue weighted by atomic mass is 32.2. The maximum Gasteiger partial charge on any atom is 0.237 e. The Morgan fingerprint density at radius 2 is 1.76 bits per heavy atom. The standard InChI is InChI=1S/C10H21N3O3S/c1-3-12-5-7-13(8-6-12)10(14)9-11-17(15,16)4-2/h11H,3-9H2,1-2H3.